The molecule has 1 fully saturated rings. The molecule has 5 heteroatoms. The van der Waals surface area contributed by atoms with Crippen LogP contribution in [0.5, 0.6) is 5.75 Å². The van der Waals surface area contributed by atoms with Crippen LogP contribution >= 0.6 is 15.9 Å². The Kier molecular flexibility index (Phi) is 5.86. The molecular weight excluding hydrogens is 320 g/mol. The Balaban J connectivity index is 1.89. The van der Waals surface area contributed by atoms with E-state index < -0.39 is 0 Å². The van der Waals surface area contributed by atoms with Gasteiger partial charge in [-0.3, -0.25) is 4.79 Å². The number of benzene rings is 1. The van der Waals surface area contributed by atoms with Crippen LogP contribution in [0, 0.1) is 0 Å². The summed E-state index contributed by atoms with van der Waals surface area (Å²) in [5.41, 5.74) is 6.61. The minimum Gasteiger partial charge on any atom is -0.483 e. The Bertz CT molecular complexity index is 457. The lowest BCUT2D eigenvalue weighted by atomic mass is 10.2. The van der Waals surface area contributed by atoms with Crippen LogP contribution in [0.25, 0.3) is 0 Å². The van der Waals surface area contributed by atoms with Gasteiger partial charge in [0, 0.05) is 19.6 Å². The maximum absolute atomic E-state index is 12.1. The standard InChI is InChI=1S/C15H21BrN2O2/c16-13-9-12(10-17)5-6-14(13)20-11-15(19)18-7-3-1-2-4-8-18/h5-6,9H,1-4,7-8,10-11,17H2. The van der Waals surface area contributed by atoms with E-state index in [1.54, 1.807) is 0 Å². The Morgan fingerprint density at radius 1 is 1.25 bits per heavy atom. The molecule has 1 aromatic rings. The van der Waals surface area contributed by atoms with E-state index in [0.717, 1.165) is 36.0 Å². The largest absolute Gasteiger partial charge is 0.483 e. The number of carbonyl (C=O) groups excluding carboxylic acids is 1. The summed E-state index contributed by atoms with van der Waals surface area (Å²) in [6.45, 7) is 2.30. The number of likely N-dealkylation sites (tertiary alicyclic amines) is 1. The van der Waals surface area contributed by atoms with Gasteiger partial charge in [-0.25, -0.2) is 0 Å². The Morgan fingerprint density at radius 2 is 1.95 bits per heavy atom. The second kappa shape index (κ2) is 7.64. The summed E-state index contributed by atoms with van der Waals surface area (Å²) >= 11 is 3.44. The fraction of sp³-hybridized carbons (Fsp3) is 0.533. The molecule has 20 heavy (non-hydrogen) atoms. The molecule has 0 unspecified atom stereocenters. The van der Waals surface area contributed by atoms with Crippen LogP contribution in [-0.4, -0.2) is 30.5 Å². The SMILES string of the molecule is NCc1ccc(OCC(=O)N2CCCCCC2)c(Br)c1. The lowest BCUT2D eigenvalue weighted by Crippen LogP contribution is -2.35. The minimum atomic E-state index is 0.0710. The maximum atomic E-state index is 12.1. The summed E-state index contributed by atoms with van der Waals surface area (Å²) in [7, 11) is 0. The third-order valence-electron chi connectivity index (χ3n) is 3.54. The Labute approximate surface area is 128 Å². The van der Waals surface area contributed by atoms with Crippen molar-refractivity contribution < 1.29 is 9.53 Å². The van der Waals surface area contributed by atoms with Gasteiger partial charge in [0.15, 0.2) is 6.61 Å². The van der Waals surface area contributed by atoms with Crippen LogP contribution in [0.15, 0.2) is 22.7 Å². The molecule has 1 amide bonds. The number of hydrogen-bond acceptors (Lipinski definition) is 3. The number of amides is 1. The molecule has 1 aliphatic heterocycles. The fourth-order valence-corrected chi connectivity index (χ4v) is 2.88. The minimum absolute atomic E-state index is 0.0710. The van der Waals surface area contributed by atoms with Crippen molar-refractivity contribution in [2.75, 3.05) is 19.7 Å². The van der Waals surface area contributed by atoms with E-state index in [1.165, 1.54) is 12.8 Å². The molecule has 1 aliphatic rings. The van der Waals surface area contributed by atoms with Gasteiger partial charge in [0.2, 0.25) is 0 Å². The van der Waals surface area contributed by atoms with Gasteiger partial charge in [0.25, 0.3) is 5.91 Å². The van der Waals surface area contributed by atoms with E-state index in [0.29, 0.717) is 12.3 Å². The fourth-order valence-electron chi connectivity index (χ4n) is 2.34. The second-order valence-electron chi connectivity index (χ2n) is 5.05. The monoisotopic (exact) mass is 340 g/mol. The van der Waals surface area contributed by atoms with Crippen LogP contribution in [0.4, 0.5) is 0 Å². The van der Waals surface area contributed by atoms with Gasteiger partial charge in [-0.2, -0.15) is 0 Å². The zero-order valence-electron chi connectivity index (χ0n) is 11.6. The molecular formula is C15H21BrN2O2. The number of rotatable bonds is 4. The summed E-state index contributed by atoms with van der Waals surface area (Å²) < 4.78 is 6.45. The average Bonchev–Trinajstić information content (AvgIpc) is 2.74. The molecule has 4 nitrogen and oxygen atoms in total. The molecule has 0 aromatic heterocycles. The first-order valence-corrected chi connectivity index (χ1v) is 7.89. The van der Waals surface area contributed by atoms with E-state index in [9.17, 15) is 4.79 Å². The molecule has 0 radical (unpaired) electrons. The van der Waals surface area contributed by atoms with E-state index in [-0.39, 0.29) is 12.5 Å². The summed E-state index contributed by atoms with van der Waals surface area (Å²) in [4.78, 5) is 14.0. The molecule has 2 rings (SSSR count). The quantitative estimate of drug-likeness (QED) is 0.916. The van der Waals surface area contributed by atoms with Gasteiger partial charge in [-0.1, -0.05) is 18.9 Å². The number of nitrogens with zero attached hydrogens (tertiary/aromatic N) is 1. The molecule has 0 aliphatic carbocycles. The summed E-state index contributed by atoms with van der Waals surface area (Å²) in [6.07, 6.45) is 4.63. The van der Waals surface area contributed by atoms with E-state index in [4.69, 9.17) is 10.5 Å². The molecule has 1 aromatic carbocycles. The van der Waals surface area contributed by atoms with Gasteiger partial charge in [0.1, 0.15) is 5.75 Å². The van der Waals surface area contributed by atoms with Gasteiger partial charge < -0.3 is 15.4 Å². The zero-order chi connectivity index (χ0) is 14.4. The van der Waals surface area contributed by atoms with Gasteiger partial charge in [-0.05, 0) is 46.5 Å². The van der Waals surface area contributed by atoms with Crippen molar-refractivity contribution in [1.29, 1.82) is 0 Å². The van der Waals surface area contributed by atoms with E-state index >= 15 is 0 Å². The first kappa shape index (κ1) is 15.3. The van der Waals surface area contributed by atoms with Crippen molar-refractivity contribution in [2.24, 2.45) is 5.73 Å². The summed E-state index contributed by atoms with van der Waals surface area (Å²) in [6, 6.07) is 5.68. The highest BCUT2D eigenvalue weighted by Gasteiger charge is 2.16. The maximum Gasteiger partial charge on any atom is 0.260 e. The predicted octanol–water partition coefficient (Wildman–Crippen LogP) is 2.69. The highest BCUT2D eigenvalue weighted by molar-refractivity contribution is 9.10. The number of hydrogen-bond donors (Lipinski definition) is 1. The van der Waals surface area contributed by atoms with Gasteiger partial charge in [-0.15, -0.1) is 0 Å². The summed E-state index contributed by atoms with van der Waals surface area (Å²) in [5, 5.41) is 0. The number of carbonyl (C=O) groups is 1. The van der Waals surface area contributed by atoms with Crippen molar-refractivity contribution in [3.8, 4) is 5.75 Å². The molecule has 0 atom stereocenters. The normalized spacial score (nSPS) is 15.8. The first-order chi connectivity index (χ1) is 9.70. The first-order valence-electron chi connectivity index (χ1n) is 7.10. The lowest BCUT2D eigenvalue weighted by Gasteiger charge is -2.20. The van der Waals surface area contributed by atoms with E-state index in [1.807, 2.05) is 23.1 Å². The predicted molar refractivity (Wildman–Crippen MR) is 82.6 cm³/mol. The molecule has 0 bridgehead atoms. The molecule has 110 valence electrons. The molecule has 1 heterocycles. The number of ether oxygens (including phenoxy) is 1. The van der Waals surface area contributed by atoms with Crippen molar-refractivity contribution in [3.63, 3.8) is 0 Å². The smallest absolute Gasteiger partial charge is 0.260 e. The second-order valence-corrected chi connectivity index (χ2v) is 5.91. The van der Waals surface area contributed by atoms with Crippen LogP contribution in [0.1, 0.15) is 31.2 Å². The van der Waals surface area contributed by atoms with Crippen LogP contribution in [-0.2, 0) is 11.3 Å². The van der Waals surface area contributed by atoms with Crippen LogP contribution < -0.4 is 10.5 Å². The highest BCUT2D eigenvalue weighted by Crippen LogP contribution is 2.26. The summed E-state index contributed by atoms with van der Waals surface area (Å²) in [5.74, 6) is 0.757. The molecule has 1 saturated heterocycles. The van der Waals surface area contributed by atoms with Crippen LogP contribution in [0.3, 0.4) is 0 Å². The Morgan fingerprint density at radius 3 is 2.55 bits per heavy atom. The molecule has 2 N–H and O–H groups in total. The topological polar surface area (TPSA) is 55.6 Å². The number of nitrogens with two attached hydrogens (primary N) is 1. The van der Waals surface area contributed by atoms with E-state index in [2.05, 4.69) is 15.9 Å². The van der Waals surface area contributed by atoms with Crippen LogP contribution in [0.2, 0.25) is 0 Å². The zero-order valence-corrected chi connectivity index (χ0v) is 13.2. The number of halogens is 1. The van der Waals surface area contributed by atoms with Crippen molar-refractivity contribution in [2.45, 2.75) is 32.2 Å². The van der Waals surface area contributed by atoms with Crippen molar-refractivity contribution in [3.05, 3.63) is 28.2 Å². The van der Waals surface area contributed by atoms with Crippen molar-refractivity contribution in [1.82, 2.24) is 4.90 Å². The highest BCUT2D eigenvalue weighted by atomic mass is 79.9. The average molecular weight is 341 g/mol. The Hall–Kier alpha value is -1.07. The third-order valence-corrected chi connectivity index (χ3v) is 4.16. The lowest BCUT2D eigenvalue weighted by molar-refractivity contribution is -0.133. The third kappa shape index (κ3) is 4.21. The van der Waals surface area contributed by atoms with Gasteiger partial charge >= 0.3 is 0 Å². The van der Waals surface area contributed by atoms with Gasteiger partial charge in [0.05, 0.1) is 4.47 Å². The molecule has 0 spiro atoms. The molecule has 0 saturated carbocycles. The van der Waals surface area contributed by atoms with Crippen molar-refractivity contribution >= 4 is 21.8 Å².